The second-order valence-electron chi connectivity index (χ2n) is 8.99. The highest BCUT2D eigenvalue weighted by Gasteiger charge is 2.37. The maximum absolute atomic E-state index is 13.9. The molecule has 1 saturated heterocycles. The van der Waals surface area contributed by atoms with E-state index in [4.69, 9.17) is 0 Å². The van der Waals surface area contributed by atoms with Crippen LogP contribution < -0.4 is 4.90 Å². The van der Waals surface area contributed by atoms with Crippen molar-refractivity contribution in [2.45, 2.75) is 58.4 Å². The van der Waals surface area contributed by atoms with Crippen molar-refractivity contribution in [3.8, 4) is 10.4 Å². The van der Waals surface area contributed by atoms with Gasteiger partial charge in [0.05, 0.1) is 10.6 Å². The van der Waals surface area contributed by atoms with E-state index in [0.29, 0.717) is 22.3 Å². The Morgan fingerprint density at radius 1 is 1.03 bits per heavy atom. The number of hydrogen-bond donors (Lipinski definition) is 0. The second-order valence-corrected chi connectivity index (χ2v) is 11.7. The molecule has 1 amide bonds. The lowest BCUT2D eigenvalue weighted by Gasteiger charge is -2.38. The first-order chi connectivity index (χ1) is 14.9. The summed E-state index contributed by atoms with van der Waals surface area (Å²) in [6.07, 6.45) is 5.46. The predicted octanol–water partition coefficient (Wildman–Crippen LogP) is 5.69. The summed E-state index contributed by atoms with van der Waals surface area (Å²) in [4.78, 5) is 30.1. The van der Waals surface area contributed by atoms with Crippen molar-refractivity contribution in [2.24, 2.45) is 11.8 Å². The lowest BCUT2D eigenvalue weighted by Crippen LogP contribution is -2.48. The monoisotopic (exact) mass is 457 g/mol. The van der Waals surface area contributed by atoms with Crippen LogP contribution in [-0.4, -0.2) is 33.8 Å². The van der Waals surface area contributed by atoms with E-state index in [2.05, 4.69) is 6.92 Å². The van der Waals surface area contributed by atoms with Crippen molar-refractivity contribution in [2.75, 3.05) is 16.4 Å². The molecule has 31 heavy (non-hydrogen) atoms. The summed E-state index contributed by atoms with van der Waals surface area (Å²) in [7, 11) is 0. The number of carbonyl (C=O) groups excluding carboxylic acids is 2. The van der Waals surface area contributed by atoms with E-state index < -0.39 is 11.2 Å². The fourth-order valence-electron chi connectivity index (χ4n) is 4.80. The van der Waals surface area contributed by atoms with Crippen LogP contribution in [0, 0.1) is 11.8 Å². The number of Topliss-reactive ketones (excluding diaryl/α,β-unsaturated/α-hetero) is 1. The Bertz CT molecular complexity index is 910. The smallest absolute Gasteiger partial charge is 0.230 e. The number of rotatable bonds is 5. The molecule has 4 nitrogen and oxygen atoms in total. The summed E-state index contributed by atoms with van der Waals surface area (Å²) < 4.78 is 12.0. The fraction of sp³-hybridized carbons (Fsp3) is 0.520. The second kappa shape index (κ2) is 9.88. The number of anilines is 1. The minimum atomic E-state index is -0.797. The van der Waals surface area contributed by atoms with E-state index in [0.717, 1.165) is 54.7 Å². The van der Waals surface area contributed by atoms with E-state index in [9.17, 15) is 14.1 Å². The normalized spacial score (nSPS) is 26.4. The van der Waals surface area contributed by atoms with Crippen molar-refractivity contribution in [3.05, 3.63) is 41.3 Å². The van der Waals surface area contributed by atoms with Gasteiger partial charge >= 0.3 is 0 Å². The van der Waals surface area contributed by atoms with Crippen LogP contribution >= 0.6 is 11.3 Å². The summed E-state index contributed by atoms with van der Waals surface area (Å²) in [5.74, 6) is 2.10. The summed E-state index contributed by atoms with van der Waals surface area (Å²) in [5.41, 5.74) is 1.82. The molecule has 0 atom stereocenters. The molecule has 1 aromatic heterocycles. The highest BCUT2D eigenvalue weighted by atomic mass is 32.2. The Hall–Kier alpha value is -1.63. The molecule has 4 rings (SSSR count). The zero-order chi connectivity index (χ0) is 22.0. The number of nitrogens with zero attached hydrogens (tertiary/aromatic N) is 1. The first-order valence-electron chi connectivity index (χ1n) is 11.3. The zero-order valence-electron chi connectivity index (χ0n) is 18.3. The zero-order valence-corrected chi connectivity index (χ0v) is 20.0. The van der Waals surface area contributed by atoms with Crippen LogP contribution in [-0.2, 0) is 16.0 Å². The van der Waals surface area contributed by atoms with Gasteiger partial charge in [-0.05, 0) is 43.2 Å². The average molecular weight is 458 g/mol. The lowest BCUT2D eigenvalue weighted by atomic mass is 9.82. The molecule has 1 aliphatic heterocycles. The van der Waals surface area contributed by atoms with Crippen molar-refractivity contribution in [1.29, 1.82) is 0 Å². The molecule has 2 aliphatic rings. The molecular formula is C25H31NO3S2. The summed E-state index contributed by atoms with van der Waals surface area (Å²) in [6.45, 7) is 3.85. The molecule has 2 aromatic rings. The minimum absolute atomic E-state index is 0.00312. The Morgan fingerprint density at radius 3 is 2.29 bits per heavy atom. The number of thiophene rings is 1. The minimum Gasteiger partial charge on any atom is -0.616 e. The van der Waals surface area contributed by atoms with Gasteiger partial charge in [0.25, 0.3) is 0 Å². The van der Waals surface area contributed by atoms with Gasteiger partial charge in [0.15, 0.2) is 5.78 Å². The molecule has 0 N–H and O–H groups in total. The molecule has 166 valence electrons. The maximum atomic E-state index is 13.9. The SMILES string of the molecule is CC(=O)c1sc(-c2ccccc2)cc1N(C(=O)[C@H]1CC[C@H](C)CC1)C1CC[S+]([O-])CC1. The molecule has 1 saturated carbocycles. The summed E-state index contributed by atoms with van der Waals surface area (Å²) >= 11 is 0.677. The van der Waals surface area contributed by atoms with E-state index in [-0.39, 0.29) is 23.7 Å². The number of carbonyl (C=O) groups is 2. The standard InChI is InChI=1S/C25H31NO3S2/c1-17-8-10-20(11-9-17)25(28)26(21-12-14-31(29)15-13-21)22-16-23(30-24(22)18(2)27)19-6-4-3-5-7-19/h3-7,16-17,20-21H,8-15H2,1-2H3/t17-,20-,21?,31?. The van der Waals surface area contributed by atoms with Gasteiger partial charge in [-0.15, -0.1) is 11.3 Å². The first kappa shape index (κ1) is 22.6. The van der Waals surface area contributed by atoms with Crippen LogP contribution in [0.15, 0.2) is 36.4 Å². The van der Waals surface area contributed by atoms with Gasteiger partial charge in [0.2, 0.25) is 5.91 Å². The first-order valence-corrected chi connectivity index (χ1v) is 13.6. The Balaban J connectivity index is 1.73. The molecule has 1 aromatic carbocycles. The van der Waals surface area contributed by atoms with Crippen LogP contribution in [0.3, 0.4) is 0 Å². The largest absolute Gasteiger partial charge is 0.616 e. The van der Waals surface area contributed by atoms with E-state index >= 15 is 0 Å². The van der Waals surface area contributed by atoms with E-state index in [1.54, 1.807) is 6.92 Å². The Morgan fingerprint density at radius 2 is 1.68 bits per heavy atom. The van der Waals surface area contributed by atoms with Gasteiger partial charge in [0.1, 0.15) is 11.5 Å². The molecule has 0 radical (unpaired) electrons. The van der Waals surface area contributed by atoms with Gasteiger partial charge in [-0.25, -0.2) is 0 Å². The Labute approximate surface area is 192 Å². The van der Waals surface area contributed by atoms with Gasteiger partial charge in [-0.3, -0.25) is 9.59 Å². The fourth-order valence-corrected chi connectivity index (χ4v) is 7.12. The number of ketones is 1. The molecule has 2 fully saturated rings. The molecule has 0 unspecified atom stereocenters. The van der Waals surface area contributed by atoms with Crippen molar-refractivity contribution in [1.82, 2.24) is 0 Å². The quantitative estimate of drug-likeness (QED) is 0.428. The van der Waals surface area contributed by atoms with E-state index in [1.807, 2.05) is 41.3 Å². The van der Waals surface area contributed by atoms with E-state index in [1.165, 1.54) is 11.3 Å². The van der Waals surface area contributed by atoms with Crippen molar-refractivity contribution < 1.29 is 14.1 Å². The third-order valence-electron chi connectivity index (χ3n) is 6.68. The van der Waals surface area contributed by atoms with Gasteiger partial charge in [-0.2, -0.15) is 0 Å². The molecule has 0 spiro atoms. The van der Waals surface area contributed by atoms with Crippen LogP contribution in [0.5, 0.6) is 0 Å². The molecule has 2 heterocycles. The van der Waals surface area contributed by atoms with Crippen molar-refractivity contribution in [3.63, 3.8) is 0 Å². The molecule has 0 bridgehead atoms. The number of hydrogen-bond acceptors (Lipinski definition) is 4. The highest BCUT2D eigenvalue weighted by molar-refractivity contribution is 7.91. The van der Waals surface area contributed by atoms with Gasteiger partial charge < -0.3 is 9.45 Å². The Kier molecular flexibility index (Phi) is 7.19. The highest BCUT2D eigenvalue weighted by Crippen LogP contribution is 2.41. The van der Waals surface area contributed by atoms with Gasteiger partial charge in [0, 0.05) is 36.6 Å². The average Bonchev–Trinajstić information content (AvgIpc) is 3.22. The van der Waals surface area contributed by atoms with Crippen molar-refractivity contribution >= 4 is 39.9 Å². The topological polar surface area (TPSA) is 60.4 Å². The van der Waals surface area contributed by atoms with Crippen LogP contribution in [0.4, 0.5) is 5.69 Å². The molecular weight excluding hydrogens is 426 g/mol. The predicted molar refractivity (Wildman–Crippen MR) is 129 cm³/mol. The maximum Gasteiger partial charge on any atom is 0.230 e. The third-order valence-corrected chi connectivity index (χ3v) is 9.33. The van der Waals surface area contributed by atoms with Crippen LogP contribution in [0.25, 0.3) is 10.4 Å². The molecule has 6 heteroatoms. The third kappa shape index (κ3) is 5.07. The number of benzene rings is 1. The summed E-state index contributed by atoms with van der Waals surface area (Å²) in [6, 6.07) is 12.1. The summed E-state index contributed by atoms with van der Waals surface area (Å²) in [5, 5.41) is 0. The van der Waals surface area contributed by atoms with Gasteiger partial charge in [-0.1, -0.05) is 48.4 Å². The molecule has 1 aliphatic carbocycles. The van der Waals surface area contributed by atoms with Crippen LogP contribution in [0.2, 0.25) is 0 Å². The lowest BCUT2D eigenvalue weighted by molar-refractivity contribution is -0.124. The van der Waals surface area contributed by atoms with Crippen LogP contribution in [0.1, 0.15) is 62.0 Å². The number of amides is 1.